The topological polar surface area (TPSA) is 55.8 Å². The molecule has 5 nitrogen and oxygen atoms in total. The summed E-state index contributed by atoms with van der Waals surface area (Å²) in [6.07, 6.45) is 0.697. The second-order valence-electron chi connectivity index (χ2n) is 6.42. The van der Waals surface area contributed by atoms with E-state index < -0.39 is 23.5 Å². The van der Waals surface area contributed by atoms with Gasteiger partial charge in [0.2, 0.25) is 0 Å². The molecule has 1 aromatic carbocycles. The largest absolute Gasteiger partial charge is 0.468 e. The van der Waals surface area contributed by atoms with E-state index in [0.29, 0.717) is 13.0 Å². The minimum atomic E-state index is -0.810. The van der Waals surface area contributed by atoms with E-state index in [-0.39, 0.29) is 12.0 Å². The van der Waals surface area contributed by atoms with Gasteiger partial charge in [0.1, 0.15) is 5.60 Å². The number of fused-ring (bicyclic) bond motifs is 1. The molecule has 2 fully saturated rings. The fourth-order valence-electron chi connectivity index (χ4n) is 3.90. The Labute approximate surface area is 130 Å². The van der Waals surface area contributed by atoms with Crippen molar-refractivity contribution in [1.82, 2.24) is 4.90 Å². The van der Waals surface area contributed by atoms with Crippen LogP contribution >= 0.6 is 0 Å². The predicted octanol–water partition coefficient (Wildman–Crippen LogP) is 1.78. The molecule has 0 amide bonds. The standard InChI is InChI=1S/C17H21NO4/c1-17-10-18(2)13(11-7-5-4-6-8-11)9-12(17)14(15(19)21-3)16(20)22-17/h4-8,12-14H,9-10H2,1-3H3/t12-,13-,14+,17+/m0/s1. The second-order valence-corrected chi connectivity index (χ2v) is 6.42. The Morgan fingerprint density at radius 1 is 1.36 bits per heavy atom. The molecule has 0 aromatic heterocycles. The van der Waals surface area contributed by atoms with Gasteiger partial charge in [-0.1, -0.05) is 30.3 Å². The average molecular weight is 303 g/mol. The zero-order valence-corrected chi connectivity index (χ0v) is 13.1. The van der Waals surface area contributed by atoms with Gasteiger partial charge >= 0.3 is 11.9 Å². The van der Waals surface area contributed by atoms with E-state index >= 15 is 0 Å². The third-order valence-electron chi connectivity index (χ3n) is 4.99. The lowest BCUT2D eigenvalue weighted by atomic mass is 9.73. The van der Waals surface area contributed by atoms with Gasteiger partial charge in [-0.3, -0.25) is 14.5 Å². The summed E-state index contributed by atoms with van der Waals surface area (Å²) in [5.74, 6) is -1.92. The van der Waals surface area contributed by atoms with E-state index in [2.05, 4.69) is 17.0 Å². The van der Waals surface area contributed by atoms with Gasteiger partial charge in [0.15, 0.2) is 5.92 Å². The maximum absolute atomic E-state index is 12.2. The van der Waals surface area contributed by atoms with Crippen LogP contribution in [0.5, 0.6) is 0 Å². The lowest BCUT2D eigenvalue weighted by Gasteiger charge is -2.44. The number of methoxy groups -OCH3 is 1. The Morgan fingerprint density at radius 3 is 2.68 bits per heavy atom. The summed E-state index contributed by atoms with van der Waals surface area (Å²) >= 11 is 0. The first kappa shape index (κ1) is 15.0. The maximum Gasteiger partial charge on any atom is 0.321 e. The highest BCUT2D eigenvalue weighted by atomic mass is 16.6. The van der Waals surface area contributed by atoms with Crippen LogP contribution in [-0.2, 0) is 19.1 Å². The molecular formula is C17H21NO4. The lowest BCUT2D eigenvalue weighted by Crippen LogP contribution is -2.51. The van der Waals surface area contributed by atoms with E-state index in [4.69, 9.17) is 9.47 Å². The van der Waals surface area contributed by atoms with E-state index in [9.17, 15) is 9.59 Å². The van der Waals surface area contributed by atoms with Crippen LogP contribution in [0.25, 0.3) is 0 Å². The van der Waals surface area contributed by atoms with Crippen molar-refractivity contribution in [1.29, 1.82) is 0 Å². The molecule has 1 aromatic rings. The van der Waals surface area contributed by atoms with Gasteiger partial charge in [0, 0.05) is 18.5 Å². The summed E-state index contributed by atoms with van der Waals surface area (Å²) in [6, 6.07) is 10.3. The van der Waals surface area contributed by atoms with E-state index in [1.165, 1.54) is 12.7 Å². The fourth-order valence-corrected chi connectivity index (χ4v) is 3.90. The molecule has 5 heteroatoms. The quantitative estimate of drug-likeness (QED) is 0.616. The molecule has 2 heterocycles. The average Bonchev–Trinajstić information content (AvgIpc) is 2.75. The molecule has 118 valence electrons. The molecule has 2 saturated heterocycles. The van der Waals surface area contributed by atoms with Crippen LogP contribution in [0, 0.1) is 11.8 Å². The minimum Gasteiger partial charge on any atom is -0.468 e. The van der Waals surface area contributed by atoms with Crippen molar-refractivity contribution >= 4 is 11.9 Å². The lowest BCUT2D eigenvalue weighted by molar-refractivity contribution is -0.157. The molecule has 4 atom stereocenters. The first-order valence-electron chi connectivity index (χ1n) is 7.52. The Hall–Kier alpha value is -1.88. The summed E-state index contributed by atoms with van der Waals surface area (Å²) < 4.78 is 10.4. The Kier molecular flexibility index (Phi) is 3.68. The number of nitrogens with zero attached hydrogens (tertiary/aromatic N) is 1. The smallest absolute Gasteiger partial charge is 0.321 e. The summed E-state index contributed by atoms with van der Waals surface area (Å²) in [4.78, 5) is 26.4. The van der Waals surface area contributed by atoms with Crippen LogP contribution in [-0.4, -0.2) is 43.1 Å². The van der Waals surface area contributed by atoms with Gasteiger partial charge in [0.05, 0.1) is 7.11 Å². The SMILES string of the molecule is COC(=O)[C@@H]1C(=O)O[C@]2(C)CN(C)[C@H](c3ccccc3)C[C@@H]12. The Balaban J connectivity index is 1.92. The molecule has 0 spiro atoms. The van der Waals surface area contributed by atoms with E-state index in [1.807, 2.05) is 32.2 Å². The summed E-state index contributed by atoms with van der Waals surface area (Å²) in [6.45, 7) is 2.52. The fraction of sp³-hybridized carbons (Fsp3) is 0.529. The van der Waals surface area contributed by atoms with Crippen molar-refractivity contribution in [2.45, 2.75) is 25.0 Å². The summed E-state index contributed by atoms with van der Waals surface area (Å²) in [7, 11) is 3.34. The Morgan fingerprint density at radius 2 is 2.05 bits per heavy atom. The summed E-state index contributed by atoms with van der Waals surface area (Å²) in [5, 5.41) is 0. The van der Waals surface area contributed by atoms with Gasteiger partial charge in [-0.05, 0) is 26.0 Å². The zero-order valence-electron chi connectivity index (χ0n) is 13.1. The highest BCUT2D eigenvalue weighted by Gasteiger charge is 2.59. The number of ether oxygens (including phenoxy) is 2. The molecule has 0 aliphatic carbocycles. The molecule has 3 rings (SSSR count). The molecule has 2 aliphatic rings. The molecule has 0 saturated carbocycles. The molecule has 0 bridgehead atoms. The molecule has 0 radical (unpaired) electrons. The second kappa shape index (κ2) is 5.39. The zero-order chi connectivity index (χ0) is 15.9. The minimum absolute atomic E-state index is 0.158. The van der Waals surface area contributed by atoms with Crippen molar-refractivity contribution < 1.29 is 19.1 Å². The van der Waals surface area contributed by atoms with Crippen LogP contribution < -0.4 is 0 Å². The van der Waals surface area contributed by atoms with Crippen molar-refractivity contribution in [2.24, 2.45) is 11.8 Å². The number of carbonyl (C=O) groups excluding carboxylic acids is 2. The number of likely N-dealkylation sites (N-methyl/N-ethyl adjacent to an activating group) is 1. The van der Waals surface area contributed by atoms with E-state index in [1.54, 1.807) is 0 Å². The van der Waals surface area contributed by atoms with Gasteiger partial charge in [-0.25, -0.2) is 0 Å². The number of piperidine rings is 1. The number of esters is 2. The molecule has 0 unspecified atom stereocenters. The van der Waals surface area contributed by atoms with E-state index in [0.717, 1.165) is 0 Å². The van der Waals surface area contributed by atoms with Crippen molar-refractivity contribution in [3.05, 3.63) is 35.9 Å². The highest BCUT2D eigenvalue weighted by molar-refractivity contribution is 5.97. The van der Waals surface area contributed by atoms with Gasteiger partial charge in [-0.2, -0.15) is 0 Å². The monoisotopic (exact) mass is 303 g/mol. The molecule has 0 N–H and O–H groups in total. The van der Waals surface area contributed by atoms with Gasteiger partial charge in [-0.15, -0.1) is 0 Å². The van der Waals surface area contributed by atoms with Crippen molar-refractivity contribution in [2.75, 3.05) is 20.7 Å². The number of hydrogen-bond donors (Lipinski definition) is 0. The number of hydrogen-bond acceptors (Lipinski definition) is 5. The molecule has 22 heavy (non-hydrogen) atoms. The predicted molar refractivity (Wildman–Crippen MR) is 79.9 cm³/mol. The number of likely N-dealkylation sites (tertiary alicyclic amines) is 1. The third-order valence-corrected chi connectivity index (χ3v) is 4.99. The number of rotatable bonds is 2. The first-order chi connectivity index (χ1) is 10.5. The van der Waals surface area contributed by atoms with Crippen LogP contribution in [0.3, 0.4) is 0 Å². The van der Waals surface area contributed by atoms with Gasteiger partial charge in [0.25, 0.3) is 0 Å². The van der Waals surface area contributed by atoms with Crippen LogP contribution in [0.4, 0.5) is 0 Å². The Bertz CT molecular complexity index is 588. The third kappa shape index (κ3) is 2.29. The van der Waals surface area contributed by atoms with Crippen molar-refractivity contribution in [3.63, 3.8) is 0 Å². The summed E-state index contributed by atoms with van der Waals surface area (Å²) in [5.41, 5.74) is 0.561. The first-order valence-corrected chi connectivity index (χ1v) is 7.52. The molecule has 2 aliphatic heterocycles. The number of benzene rings is 1. The van der Waals surface area contributed by atoms with Gasteiger partial charge < -0.3 is 9.47 Å². The maximum atomic E-state index is 12.2. The van der Waals surface area contributed by atoms with Crippen LogP contribution in [0.15, 0.2) is 30.3 Å². The molecular weight excluding hydrogens is 282 g/mol. The van der Waals surface area contributed by atoms with Crippen LogP contribution in [0.2, 0.25) is 0 Å². The van der Waals surface area contributed by atoms with Crippen LogP contribution in [0.1, 0.15) is 24.9 Å². The highest BCUT2D eigenvalue weighted by Crippen LogP contribution is 2.48. The van der Waals surface area contributed by atoms with Crippen molar-refractivity contribution in [3.8, 4) is 0 Å². The normalized spacial score (nSPS) is 34.9. The number of carbonyl (C=O) groups is 2.